The minimum atomic E-state index is -1.27. The molecule has 1 heterocycles. The number of nitrogens with two attached hydrogens (primary N) is 1. The lowest BCUT2D eigenvalue weighted by Crippen LogP contribution is -2.44. The van der Waals surface area contributed by atoms with Crippen LogP contribution in [-0.2, 0) is 57.3 Å². The Balaban J connectivity index is 2.55. The van der Waals surface area contributed by atoms with Gasteiger partial charge in [-0.1, -0.05) is 6.92 Å². The molecule has 16 nitrogen and oxygen atoms in total. The molecule has 1 rings (SSSR count). The number of nitrogens with one attached hydrogen (secondary N) is 1. The van der Waals surface area contributed by atoms with E-state index in [0.717, 1.165) is 16.7 Å². The molecule has 0 bridgehead atoms. The molecule has 4 unspecified atom stereocenters. The zero-order valence-corrected chi connectivity index (χ0v) is 25.5. The minimum absolute atomic E-state index is 0.0200. The second kappa shape index (κ2) is 22.2. The number of ketones is 2. The van der Waals surface area contributed by atoms with Crippen LogP contribution in [0.5, 0.6) is 0 Å². The quantitative estimate of drug-likeness (QED) is 0.0542. The summed E-state index contributed by atoms with van der Waals surface area (Å²) in [6, 6.07) is -2.35. The summed E-state index contributed by atoms with van der Waals surface area (Å²) in [4.78, 5) is 95.6. The van der Waals surface area contributed by atoms with Crippen molar-refractivity contribution in [1.29, 1.82) is 0 Å². The van der Waals surface area contributed by atoms with Gasteiger partial charge in [0.25, 0.3) is 12.9 Å². The van der Waals surface area contributed by atoms with Gasteiger partial charge in [-0.25, -0.2) is 0 Å². The van der Waals surface area contributed by atoms with Gasteiger partial charge in [-0.05, 0) is 12.8 Å². The van der Waals surface area contributed by atoms with E-state index >= 15 is 0 Å². The zero-order valence-electron chi connectivity index (χ0n) is 24.6. The SMILES string of the molecule is CC1C(=O)N(CCC(=O)CCCOCCOCCOC=O)C(=O)C1SCC(NC(=O)CCC(N)C(=O)O)C(=O)CCOC=O. The van der Waals surface area contributed by atoms with E-state index in [1.807, 2.05) is 0 Å². The van der Waals surface area contributed by atoms with Crippen LogP contribution in [0.1, 0.15) is 45.4 Å². The largest absolute Gasteiger partial charge is 0.480 e. The fourth-order valence-corrected chi connectivity index (χ4v) is 5.31. The van der Waals surface area contributed by atoms with E-state index in [0.29, 0.717) is 32.7 Å². The Morgan fingerprint density at radius 3 is 2.23 bits per heavy atom. The number of nitrogens with zero attached hydrogens (tertiary/aromatic N) is 1. The second-order valence-electron chi connectivity index (χ2n) is 9.74. The summed E-state index contributed by atoms with van der Waals surface area (Å²) in [7, 11) is 0. The van der Waals surface area contributed by atoms with Crippen molar-refractivity contribution in [3.05, 3.63) is 0 Å². The summed E-state index contributed by atoms with van der Waals surface area (Å²) in [5.41, 5.74) is 5.42. The zero-order chi connectivity index (χ0) is 32.9. The molecule has 0 aliphatic carbocycles. The first-order chi connectivity index (χ1) is 21.0. The third-order valence-corrected chi connectivity index (χ3v) is 7.96. The summed E-state index contributed by atoms with van der Waals surface area (Å²) in [6.07, 6.45) is 0.000371. The Labute approximate surface area is 259 Å². The second-order valence-corrected chi connectivity index (χ2v) is 10.9. The van der Waals surface area contributed by atoms with E-state index in [1.165, 1.54) is 0 Å². The normalized spacial score (nSPS) is 17.5. The summed E-state index contributed by atoms with van der Waals surface area (Å²) in [6.45, 7) is 3.12. The van der Waals surface area contributed by atoms with Crippen molar-refractivity contribution < 1.29 is 62.4 Å². The number of ether oxygens (including phenoxy) is 4. The number of carboxylic acids is 1. The van der Waals surface area contributed by atoms with Crippen LogP contribution < -0.4 is 11.1 Å². The number of carbonyl (C=O) groups excluding carboxylic acids is 7. The van der Waals surface area contributed by atoms with Crippen molar-refractivity contribution in [3.63, 3.8) is 0 Å². The average molecular weight is 648 g/mol. The number of amides is 3. The fourth-order valence-electron chi connectivity index (χ4n) is 3.97. The lowest BCUT2D eigenvalue weighted by atomic mass is 10.1. The number of carboxylic acid groups (broad SMARTS) is 1. The number of hydrogen-bond donors (Lipinski definition) is 3. The molecule has 3 amide bonds. The first kappa shape index (κ1) is 38.6. The molecule has 4 atom stereocenters. The topological polar surface area (TPSA) is 235 Å². The Bertz CT molecular complexity index is 996. The van der Waals surface area contributed by atoms with Crippen LogP contribution in [0.2, 0.25) is 0 Å². The highest BCUT2D eigenvalue weighted by atomic mass is 32.2. The molecule has 1 saturated heterocycles. The lowest BCUT2D eigenvalue weighted by Gasteiger charge is -2.20. The first-order valence-corrected chi connectivity index (χ1v) is 15.1. The standard InChI is InChI=1S/C27H41N3O13S/c1-18-24(44-15-21(22(34)7-10-42-16-31)29-23(35)5-4-20(28)27(38)39)26(37)30(25(18)36)8-6-19(33)3-2-9-40-11-12-41-13-14-43-17-32/h16-18,20-21,24H,2-15,28H2,1H3,(H,29,35)(H,38,39). The molecule has 4 N–H and O–H groups in total. The summed E-state index contributed by atoms with van der Waals surface area (Å²) in [5.74, 6) is -4.29. The van der Waals surface area contributed by atoms with Crippen LogP contribution in [0, 0.1) is 5.92 Å². The van der Waals surface area contributed by atoms with Crippen LogP contribution >= 0.6 is 11.8 Å². The van der Waals surface area contributed by atoms with Gasteiger partial charge in [-0.15, -0.1) is 11.8 Å². The number of rotatable bonds is 27. The molecule has 0 aromatic carbocycles. The minimum Gasteiger partial charge on any atom is -0.480 e. The fraction of sp³-hybridized carbons (Fsp3) is 0.704. The molecule has 1 aliphatic heterocycles. The van der Waals surface area contributed by atoms with Gasteiger partial charge >= 0.3 is 5.97 Å². The van der Waals surface area contributed by atoms with Gasteiger partial charge in [-0.2, -0.15) is 0 Å². The molecule has 0 aromatic heterocycles. The highest BCUT2D eigenvalue weighted by Gasteiger charge is 2.45. The molecular weight excluding hydrogens is 606 g/mol. The maximum absolute atomic E-state index is 13.1. The van der Waals surface area contributed by atoms with Crippen molar-refractivity contribution in [3.8, 4) is 0 Å². The maximum atomic E-state index is 13.1. The Morgan fingerprint density at radius 2 is 1.57 bits per heavy atom. The molecule has 0 aromatic rings. The van der Waals surface area contributed by atoms with E-state index in [4.69, 9.17) is 20.3 Å². The number of aliphatic carboxylic acids is 1. The number of likely N-dealkylation sites (tertiary alicyclic amines) is 1. The van der Waals surface area contributed by atoms with Gasteiger partial charge in [0.2, 0.25) is 17.7 Å². The maximum Gasteiger partial charge on any atom is 0.320 e. The van der Waals surface area contributed by atoms with E-state index in [9.17, 15) is 38.4 Å². The van der Waals surface area contributed by atoms with E-state index in [-0.39, 0.29) is 76.5 Å². The van der Waals surface area contributed by atoms with Gasteiger partial charge in [-0.3, -0.25) is 43.3 Å². The predicted molar refractivity (Wildman–Crippen MR) is 153 cm³/mol. The molecule has 1 fully saturated rings. The van der Waals surface area contributed by atoms with Crippen LogP contribution in [0.15, 0.2) is 0 Å². The van der Waals surface area contributed by atoms with E-state index < -0.39 is 52.7 Å². The third-order valence-electron chi connectivity index (χ3n) is 6.46. The number of thioether (sulfide) groups is 1. The number of Topliss-reactive ketones (excluding diaryl/α,β-unsaturated/α-hetero) is 2. The van der Waals surface area contributed by atoms with E-state index in [1.54, 1.807) is 6.92 Å². The van der Waals surface area contributed by atoms with Crippen LogP contribution in [-0.4, -0.2) is 127 Å². The van der Waals surface area contributed by atoms with Crippen LogP contribution in [0.3, 0.4) is 0 Å². The Hall–Kier alpha value is -3.41. The first-order valence-electron chi connectivity index (χ1n) is 14.1. The third kappa shape index (κ3) is 14.9. The molecule has 1 aliphatic rings. The Kier molecular flexibility index (Phi) is 19.4. The molecule has 44 heavy (non-hydrogen) atoms. The molecule has 0 spiro atoms. The van der Waals surface area contributed by atoms with Gasteiger partial charge in [0.05, 0.1) is 43.6 Å². The molecule has 0 saturated carbocycles. The van der Waals surface area contributed by atoms with Crippen molar-refractivity contribution >= 4 is 60.0 Å². The van der Waals surface area contributed by atoms with E-state index in [2.05, 4.69) is 14.8 Å². The molecule has 248 valence electrons. The van der Waals surface area contributed by atoms with Crippen LogP contribution in [0.4, 0.5) is 0 Å². The molecule has 0 radical (unpaired) electrons. The number of hydrogen-bond acceptors (Lipinski definition) is 14. The predicted octanol–water partition coefficient (Wildman–Crippen LogP) is -1.15. The molecular formula is C27H41N3O13S. The van der Waals surface area contributed by atoms with Crippen molar-refractivity contribution in [2.45, 2.75) is 62.8 Å². The summed E-state index contributed by atoms with van der Waals surface area (Å²) < 4.78 is 19.6. The van der Waals surface area contributed by atoms with Crippen LogP contribution in [0.25, 0.3) is 0 Å². The van der Waals surface area contributed by atoms with Crippen molar-refractivity contribution in [2.24, 2.45) is 11.7 Å². The van der Waals surface area contributed by atoms with Gasteiger partial charge < -0.3 is 35.1 Å². The van der Waals surface area contributed by atoms with Gasteiger partial charge in [0.1, 0.15) is 18.4 Å². The highest BCUT2D eigenvalue weighted by Crippen LogP contribution is 2.31. The molecule has 17 heteroatoms. The van der Waals surface area contributed by atoms with Crippen molar-refractivity contribution in [2.75, 3.05) is 51.9 Å². The van der Waals surface area contributed by atoms with Gasteiger partial charge in [0, 0.05) is 44.6 Å². The monoisotopic (exact) mass is 647 g/mol. The summed E-state index contributed by atoms with van der Waals surface area (Å²) in [5, 5.41) is 10.6. The van der Waals surface area contributed by atoms with Gasteiger partial charge in [0.15, 0.2) is 5.78 Å². The summed E-state index contributed by atoms with van der Waals surface area (Å²) >= 11 is 1.01. The Morgan fingerprint density at radius 1 is 0.932 bits per heavy atom. The lowest BCUT2D eigenvalue weighted by molar-refractivity contribution is -0.140. The smallest absolute Gasteiger partial charge is 0.320 e. The number of imide groups is 1. The number of carbonyl (C=O) groups is 8. The van der Waals surface area contributed by atoms with Crippen molar-refractivity contribution in [1.82, 2.24) is 10.2 Å². The average Bonchev–Trinajstić information content (AvgIpc) is 3.19. The highest BCUT2D eigenvalue weighted by molar-refractivity contribution is 8.00.